The average Bonchev–Trinajstić information content (AvgIpc) is 2.90. The van der Waals surface area contributed by atoms with E-state index in [0.717, 1.165) is 17.6 Å². The largest absolute Gasteiger partial charge is 0.494 e. The van der Waals surface area contributed by atoms with E-state index in [2.05, 4.69) is 38.0 Å². The van der Waals surface area contributed by atoms with Crippen LogP contribution in [0.15, 0.2) is 23.2 Å². The molecule has 0 atom stereocenters. The Morgan fingerprint density at radius 2 is 1.74 bits per heavy atom. The van der Waals surface area contributed by atoms with Gasteiger partial charge >= 0.3 is 7.12 Å². The molecule has 0 spiro atoms. The van der Waals surface area contributed by atoms with Gasteiger partial charge in [0.2, 0.25) is 0 Å². The van der Waals surface area contributed by atoms with Gasteiger partial charge in [0.05, 0.1) is 24.4 Å². The van der Waals surface area contributed by atoms with Crippen LogP contribution in [0, 0.1) is 0 Å². The van der Waals surface area contributed by atoms with Gasteiger partial charge in [-0.15, -0.1) is 0 Å². The van der Waals surface area contributed by atoms with Gasteiger partial charge in [-0.1, -0.05) is 19.1 Å². The summed E-state index contributed by atoms with van der Waals surface area (Å²) in [4.78, 5) is 12.1. The molecule has 1 aliphatic heterocycles. The molecule has 1 aromatic rings. The van der Waals surface area contributed by atoms with Crippen molar-refractivity contribution in [1.29, 1.82) is 0 Å². The Bertz CT molecular complexity index is 672. The molecule has 1 aliphatic rings. The summed E-state index contributed by atoms with van der Waals surface area (Å²) >= 11 is 0. The third-order valence-electron chi connectivity index (χ3n) is 5.00. The van der Waals surface area contributed by atoms with Crippen LogP contribution in [0.1, 0.15) is 67.4 Å². The first-order chi connectivity index (χ1) is 14.3. The van der Waals surface area contributed by atoms with Gasteiger partial charge in [-0.3, -0.25) is 4.99 Å². The fourth-order valence-electron chi connectivity index (χ4n) is 2.55. The molecule has 1 heterocycles. The Hall–Kier alpha value is -1.74. The zero-order valence-corrected chi connectivity index (χ0v) is 20.6. The van der Waals surface area contributed by atoms with Crippen LogP contribution in [0.25, 0.3) is 0 Å². The van der Waals surface area contributed by atoms with Crippen molar-refractivity contribution in [2.45, 2.75) is 78.6 Å². The first-order valence-corrected chi connectivity index (χ1v) is 10.7. The van der Waals surface area contributed by atoms with Crippen LogP contribution < -0.4 is 16.5 Å². The van der Waals surface area contributed by atoms with Crippen molar-refractivity contribution >= 4 is 31.3 Å². The normalized spacial score (nSPS) is 17.0. The predicted molar refractivity (Wildman–Crippen MR) is 131 cm³/mol. The molecule has 8 heteroatoms. The van der Waals surface area contributed by atoms with Crippen molar-refractivity contribution < 1.29 is 19.2 Å². The number of carbonyl (C=O) groups is 1. The minimum absolute atomic E-state index is 0.0212. The SMILES string of the molecule is C=O.CC1(C)OB(c2ccc(N)c(C=NCCO)c2)OC1(C)C.CCCNC(C)(C)C. The van der Waals surface area contributed by atoms with E-state index in [9.17, 15) is 0 Å². The maximum Gasteiger partial charge on any atom is 0.494 e. The summed E-state index contributed by atoms with van der Waals surface area (Å²) in [5.41, 5.74) is 7.85. The Labute approximate surface area is 189 Å². The number of rotatable bonds is 6. The second-order valence-electron chi connectivity index (χ2n) is 9.41. The summed E-state index contributed by atoms with van der Waals surface area (Å²) in [7, 11) is -0.416. The van der Waals surface area contributed by atoms with E-state index < -0.39 is 7.12 Å². The molecular weight excluding hydrogens is 393 g/mol. The summed E-state index contributed by atoms with van der Waals surface area (Å²) in [6.07, 6.45) is 2.89. The third kappa shape index (κ3) is 9.95. The lowest BCUT2D eigenvalue weighted by Gasteiger charge is -2.32. The molecule has 176 valence electrons. The number of nitrogens with one attached hydrogen (secondary N) is 1. The van der Waals surface area contributed by atoms with Crippen molar-refractivity contribution in [1.82, 2.24) is 5.32 Å². The highest BCUT2D eigenvalue weighted by Crippen LogP contribution is 2.36. The Morgan fingerprint density at radius 1 is 1.19 bits per heavy atom. The minimum Gasteiger partial charge on any atom is -0.399 e. The highest BCUT2D eigenvalue weighted by molar-refractivity contribution is 6.62. The van der Waals surface area contributed by atoms with Gasteiger partial charge in [0.1, 0.15) is 6.79 Å². The van der Waals surface area contributed by atoms with Gasteiger partial charge in [-0.2, -0.15) is 0 Å². The molecule has 31 heavy (non-hydrogen) atoms. The number of nitrogen functional groups attached to an aromatic ring is 1. The molecule has 1 aromatic carbocycles. The number of anilines is 1. The Balaban J connectivity index is 0.000000762. The van der Waals surface area contributed by atoms with E-state index in [1.165, 1.54) is 6.42 Å². The summed E-state index contributed by atoms with van der Waals surface area (Å²) in [6.45, 7) is 20.3. The number of aliphatic hydroxyl groups excluding tert-OH is 1. The first kappa shape index (κ1) is 29.3. The van der Waals surface area contributed by atoms with Crippen molar-refractivity contribution in [3.8, 4) is 0 Å². The highest BCUT2D eigenvalue weighted by atomic mass is 16.7. The third-order valence-corrected chi connectivity index (χ3v) is 5.00. The van der Waals surface area contributed by atoms with Gasteiger partial charge in [-0.25, -0.2) is 0 Å². The molecule has 0 saturated carbocycles. The Morgan fingerprint density at radius 3 is 2.16 bits per heavy atom. The number of hydrogen-bond donors (Lipinski definition) is 3. The van der Waals surface area contributed by atoms with E-state index in [-0.39, 0.29) is 17.8 Å². The van der Waals surface area contributed by atoms with E-state index in [1.807, 2.05) is 52.7 Å². The van der Waals surface area contributed by atoms with Crippen LogP contribution >= 0.6 is 0 Å². The van der Waals surface area contributed by atoms with Gasteiger partial charge in [0.25, 0.3) is 0 Å². The van der Waals surface area contributed by atoms with Crippen LogP contribution in [-0.4, -0.2) is 61.7 Å². The lowest BCUT2D eigenvalue weighted by Crippen LogP contribution is -2.41. The molecule has 1 fully saturated rings. The van der Waals surface area contributed by atoms with Crippen LogP contribution in [-0.2, 0) is 14.1 Å². The molecule has 4 N–H and O–H groups in total. The summed E-state index contributed by atoms with van der Waals surface area (Å²) in [5, 5.41) is 12.1. The maximum atomic E-state index is 8.77. The molecule has 7 nitrogen and oxygen atoms in total. The monoisotopic (exact) mass is 435 g/mol. The second-order valence-corrected chi connectivity index (χ2v) is 9.41. The average molecular weight is 435 g/mol. The first-order valence-electron chi connectivity index (χ1n) is 10.7. The second kappa shape index (κ2) is 13.0. The molecule has 0 aromatic heterocycles. The molecule has 0 aliphatic carbocycles. The van der Waals surface area contributed by atoms with Crippen LogP contribution in [0.2, 0.25) is 0 Å². The lowest BCUT2D eigenvalue weighted by molar-refractivity contribution is -0.0980. The number of nitrogens with two attached hydrogens (primary N) is 1. The number of aliphatic hydroxyl groups is 1. The fourth-order valence-corrected chi connectivity index (χ4v) is 2.55. The molecule has 0 amide bonds. The van der Waals surface area contributed by atoms with E-state index >= 15 is 0 Å². The van der Waals surface area contributed by atoms with Crippen LogP contribution in [0.5, 0.6) is 0 Å². The summed E-state index contributed by atoms with van der Waals surface area (Å²) in [6, 6.07) is 5.64. The molecular formula is C23H42BN3O4. The van der Waals surface area contributed by atoms with E-state index in [1.54, 1.807) is 6.21 Å². The molecule has 2 rings (SSSR count). The molecule has 1 saturated heterocycles. The molecule has 0 bridgehead atoms. The number of nitrogens with zero attached hydrogens (tertiary/aromatic N) is 1. The van der Waals surface area contributed by atoms with Crippen molar-refractivity contribution in [2.24, 2.45) is 4.99 Å². The fraction of sp³-hybridized carbons (Fsp3) is 0.652. The van der Waals surface area contributed by atoms with Gasteiger partial charge in [0, 0.05) is 23.0 Å². The Kier molecular flexibility index (Phi) is 12.2. The number of benzene rings is 1. The zero-order chi connectivity index (χ0) is 24.3. The smallest absolute Gasteiger partial charge is 0.399 e. The number of hydrogen-bond acceptors (Lipinski definition) is 7. The van der Waals surface area contributed by atoms with Crippen molar-refractivity contribution in [2.75, 3.05) is 25.4 Å². The van der Waals surface area contributed by atoms with Gasteiger partial charge < -0.3 is 30.3 Å². The van der Waals surface area contributed by atoms with Crippen LogP contribution in [0.3, 0.4) is 0 Å². The standard InChI is InChI=1S/C15H23BN2O3.C7H17N.CH2O/c1-14(2)15(3,4)21-16(20-14)12-5-6-13(17)11(9-12)10-18-7-8-19;1-5-6-8-7(2,3)4;1-2/h5-6,9-10,19H,7-8,17H2,1-4H3;8H,5-6H2,1-4H3;1H2. The summed E-state index contributed by atoms with van der Waals surface area (Å²) < 4.78 is 12.0. The quantitative estimate of drug-likeness (QED) is 0.360. The maximum absolute atomic E-state index is 8.77. The van der Waals surface area contributed by atoms with Crippen LogP contribution in [0.4, 0.5) is 5.69 Å². The van der Waals surface area contributed by atoms with Gasteiger partial charge in [-0.05, 0) is 73.0 Å². The predicted octanol–water partition coefficient (Wildman–Crippen LogP) is 2.58. The van der Waals surface area contributed by atoms with E-state index in [4.69, 9.17) is 24.9 Å². The highest BCUT2D eigenvalue weighted by Gasteiger charge is 2.51. The minimum atomic E-state index is -0.416. The topological polar surface area (TPSA) is 106 Å². The molecule has 0 unspecified atom stereocenters. The summed E-state index contributed by atoms with van der Waals surface area (Å²) in [5.74, 6) is 0. The number of carbonyl (C=O) groups excluding carboxylic acids is 1. The molecule has 0 radical (unpaired) electrons. The van der Waals surface area contributed by atoms with Crippen molar-refractivity contribution in [3.05, 3.63) is 23.8 Å². The van der Waals surface area contributed by atoms with Gasteiger partial charge in [0.15, 0.2) is 0 Å². The zero-order valence-electron chi connectivity index (χ0n) is 20.6. The number of aliphatic imine (C=N–C) groups is 1. The van der Waals surface area contributed by atoms with E-state index in [0.29, 0.717) is 17.8 Å². The van der Waals surface area contributed by atoms with Crippen molar-refractivity contribution in [3.63, 3.8) is 0 Å². The lowest BCUT2D eigenvalue weighted by atomic mass is 9.78.